The van der Waals surface area contributed by atoms with E-state index in [2.05, 4.69) is 5.10 Å². The van der Waals surface area contributed by atoms with E-state index in [4.69, 9.17) is 0 Å². The van der Waals surface area contributed by atoms with Gasteiger partial charge in [0.1, 0.15) is 0 Å². The van der Waals surface area contributed by atoms with Crippen molar-refractivity contribution in [2.24, 2.45) is 11.0 Å². The molecular weight excluding hydrogens is 252 g/mol. The molecule has 1 amide bonds. The Kier molecular flexibility index (Phi) is 4.04. The molecule has 0 spiro atoms. The van der Waals surface area contributed by atoms with Gasteiger partial charge in [-0.15, -0.1) is 0 Å². The highest BCUT2D eigenvalue weighted by molar-refractivity contribution is 7.91. The van der Waals surface area contributed by atoms with Crippen LogP contribution in [0.3, 0.4) is 0 Å². The van der Waals surface area contributed by atoms with E-state index >= 15 is 0 Å². The van der Waals surface area contributed by atoms with Crippen LogP contribution in [-0.4, -0.2) is 43.1 Å². The van der Waals surface area contributed by atoms with Gasteiger partial charge in [0.2, 0.25) is 5.91 Å². The van der Waals surface area contributed by atoms with Gasteiger partial charge in [-0.25, -0.2) is 13.4 Å². The van der Waals surface area contributed by atoms with E-state index in [1.54, 1.807) is 6.92 Å². The third kappa shape index (κ3) is 3.10. The fourth-order valence-corrected chi connectivity index (χ4v) is 3.26. The molecule has 2 aliphatic rings. The zero-order valence-corrected chi connectivity index (χ0v) is 11.6. The number of amides is 1. The maximum absolute atomic E-state index is 11.8. The molecule has 6 heteroatoms. The van der Waals surface area contributed by atoms with Crippen LogP contribution in [0.1, 0.15) is 39.0 Å². The molecular formula is C12H20N2O3S. The van der Waals surface area contributed by atoms with Crippen molar-refractivity contribution in [3.63, 3.8) is 0 Å². The van der Waals surface area contributed by atoms with Gasteiger partial charge in [0.05, 0.1) is 24.4 Å². The van der Waals surface area contributed by atoms with Gasteiger partial charge in [0.15, 0.2) is 9.84 Å². The van der Waals surface area contributed by atoms with Crippen LogP contribution in [0.25, 0.3) is 0 Å². The molecule has 0 N–H and O–H groups in total. The van der Waals surface area contributed by atoms with Crippen molar-refractivity contribution in [3.8, 4) is 0 Å². The Bertz CT molecular complexity index is 450. The van der Waals surface area contributed by atoms with Gasteiger partial charge in [-0.1, -0.05) is 19.8 Å². The highest BCUT2D eigenvalue weighted by Gasteiger charge is 2.30. The summed E-state index contributed by atoms with van der Waals surface area (Å²) in [5, 5.41) is 5.67. The Labute approximate surface area is 108 Å². The highest BCUT2D eigenvalue weighted by atomic mass is 32.2. The molecule has 0 aromatic heterocycles. The molecule has 18 heavy (non-hydrogen) atoms. The first-order valence-electron chi connectivity index (χ1n) is 6.60. The number of carbonyl (C=O) groups excluding carboxylic acids is 1. The summed E-state index contributed by atoms with van der Waals surface area (Å²) < 4.78 is 22.8. The number of hydrogen-bond donors (Lipinski definition) is 0. The summed E-state index contributed by atoms with van der Waals surface area (Å²) in [7, 11) is -3.03. The van der Waals surface area contributed by atoms with Crippen molar-refractivity contribution in [1.29, 1.82) is 0 Å². The minimum absolute atomic E-state index is 0.0106. The first-order chi connectivity index (χ1) is 8.52. The van der Waals surface area contributed by atoms with E-state index < -0.39 is 9.84 Å². The summed E-state index contributed by atoms with van der Waals surface area (Å²) >= 11 is 0. The maximum atomic E-state index is 11.8. The van der Waals surface area contributed by atoms with Gasteiger partial charge < -0.3 is 0 Å². The van der Waals surface area contributed by atoms with Gasteiger partial charge in [-0.05, 0) is 18.8 Å². The average molecular weight is 272 g/mol. The summed E-state index contributed by atoms with van der Waals surface area (Å²) in [5.74, 6) is 0.523. The zero-order chi connectivity index (χ0) is 13.2. The molecule has 5 nitrogen and oxygen atoms in total. The molecule has 1 aliphatic heterocycles. The van der Waals surface area contributed by atoms with E-state index in [1.165, 1.54) is 17.9 Å². The van der Waals surface area contributed by atoms with Gasteiger partial charge in [0, 0.05) is 5.75 Å². The largest absolute Gasteiger partial charge is 0.273 e. The van der Waals surface area contributed by atoms with Crippen LogP contribution < -0.4 is 0 Å². The molecule has 0 bridgehead atoms. The lowest BCUT2D eigenvalue weighted by Gasteiger charge is -2.11. The number of nitrogens with zero attached hydrogens (tertiary/aromatic N) is 2. The molecule has 0 aromatic rings. The third-order valence-electron chi connectivity index (χ3n) is 3.75. The standard InChI is InChI=1S/C12H20N2O3S/c1-2-18(16,17)8-7-14-12(15)9-11(13-14)10-5-3-4-6-10/h10H,2-9H2,1H3. The van der Waals surface area contributed by atoms with E-state index in [1.807, 2.05) is 0 Å². The number of rotatable bonds is 5. The second kappa shape index (κ2) is 5.38. The molecule has 0 atom stereocenters. The minimum atomic E-state index is -3.03. The molecule has 1 fully saturated rings. The lowest BCUT2D eigenvalue weighted by atomic mass is 10.00. The average Bonchev–Trinajstić information content (AvgIpc) is 2.95. The van der Waals surface area contributed by atoms with E-state index in [0.29, 0.717) is 12.3 Å². The summed E-state index contributed by atoms with van der Waals surface area (Å²) in [6.45, 7) is 1.82. The molecule has 0 radical (unpaired) electrons. The first-order valence-corrected chi connectivity index (χ1v) is 8.42. The van der Waals surface area contributed by atoms with Crippen LogP contribution in [0, 0.1) is 5.92 Å². The number of hydrazone groups is 1. The van der Waals surface area contributed by atoms with Crippen molar-refractivity contribution >= 4 is 21.5 Å². The SMILES string of the molecule is CCS(=O)(=O)CCN1N=C(C2CCCC2)CC1=O. The normalized spacial score (nSPS) is 21.7. The smallest absolute Gasteiger partial charge is 0.248 e. The lowest BCUT2D eigenvalue weighted by molar-refractivity contribution is -0.128. The van der Waals surface area contributed by atoms with Crippen LogP contribution >= 0.6 is 0 Å². The van der Waals surface area contributed by atoms with Crippen LogP contribution in [-0.2, 0) is 14.6 Å². The Morgan fingerprint density at radius 1 is 1.33 bits per heavy atom. The van der Waals surface area contributed by atoms with Crippen LogP contribution in [0.2, 0.25) is 0 Å². The molecule has 1 heterocycles. The summed E-state index contributed by atoms with van der Waals surface area (Å²) in [6.07, 6.45) is 5.04. The molecule has 0 aromatic carbocycles. The van der Waals surface area contributed by atoms with Gasteiger partial charge >= 0.3 is 0 Å². The second-order valence-corrected chi connectivity index (χ2v) is 7.48. The van der Waals surface area contributed by atoms with Crippen molar-refractivity contribution in [1.82, 2.24) is 5.01 Å². The maximum Gasteiger partial charge on any atom is 0.248 e. The van der Waals surface area contributed by atoms with Crippen LogP contribution in [0.5, 0.6) is 0 Å². The molecule has 0 saturated heterocycles. The van der Waals surface area contributed by atoms with E-state index in [-0.39, 0.29) is 24.0 Å². The van der Waals surface area contributed by atoms with Gasteiger partial charge in [-0.3, -0.25) is 4.79 Å². The molecule has 1 saturated carbocycles. The topological polar surface area (TPSA) is 66.8 Å². The third-order valence-corrected chi connectivity index (χ3v) is 5.43. The van der Waals surface area contributed by atoms with Crippen molar-refractivity contribution < 1.29 is 13.2 Å². The number of carbonyl (C=O) groups is 1. The molecule has 102 valence electrons. The summed E-state index contributed by atoms with van der Waals surface area (Å²) in [5.41, 5.74) is 0.964. The minimum Gasteiger partial charge on any atom is -0.273 e. The van der Waals surface area contributed by atoms with Gasteiger partial charge in [0.25, 0.3) is 0 Å². The zero-order valence-electron chi connectivity index (χ0n) is 10.8. The highest BCUT2D eigenvalue weighted by Crippen LogP contribution is 2.29. The van der Waals surface area contributed by atoms with Crippen molar-refractivity contribution in [3.05, 3.63) is 0 Å². The van der Waals surface area contributed by atoms with Crippen molar-refractivity contribution in [2.75, 3.05) is 18.1 Å². The summed E-state index contributed by atoms with van der Waals surface area (Å²) in [4.78, 5) is 11.8. The van der Waals surface area contributed by atoms with Gasteiger partial charge in [-0.2, -0.15) is 5.10 Å². The van der Waals surface area contributed by atoms with E-state index in [9.17, 15) is 13.2 Å². The summed E-state index contributed by atoms with van der Waals surface area (Å²) in [6, 6.07) is 0. The van der Waals surface area contributed by atoms with Crippen molar-refractivity contribution in [2.45, 2.75) is 39.0 Å². The quantitative estimate of drug-likeness (QED) is 0.755. The predicted octanol–water partition coefficient (Wildman–Crippen LogP) is 1.20. The Morgan fingerprint density at radius 2 is 2.00 bits per heavy atom. The molecule has 1 aliphatic carbocycles. The Balaban J connectivity index is 1.94. The van der Waals surface area contributed by atoms with Crippen LogP contribution in [0.4, 0.5) is 0 Å². The Hall–Kier alpha value is -0.910. The fourth-order valence-electron chi connectivity index (χ4n) is 2.52. The fraction of sp³-hybridized carbons (Fsp3) is 0.833. The van der Waals surface area contributed by atoms with E-state index in [0.717, 1.165) is 18.6 Å². The molecule has 2 rings (SSSR count). The monoisotopic (exact) mass is 272 g/mol. The van der Waals surface area contributed by atoms with Crippen LogP contribution in [0.15, 0.2) is 5.10 Å². The number of sulfone groups is 1. The number of hydrogen-bond acceptors (Lipinski definition) is 4. The molecule has 0 unspecified atom stereocenters. The second-order valence-electron chi connectivity index (χ2n) is 5.00. The predicted molar refractivity (Wildman–Crippen MR) is 70.1 cm³/mol. The Morgan fingerprint density at radius 3 is 2.61 bits per heavy atom. The first kappa shape index (κ1) is 13.5. The lowest BCUT2D eigenvalue weighted by Crippen LogP contribution is -2.27.